The zero-order chi connectivity index (χ0) is 39.9. The molecule has 0 aliphatic heterocycles. The van der Waals surface area contributed by atoms with Crippen LogP contribution in [-0.2, 0) is 0 Å². The Hall–Kier alpha value is -7.37. The molecular weight excluding hydrogens is 661 g/mol. The van der Waals surface area contributed by atoms with Crippen molar-refractivity contribution in [3.8, 4) is 51.0 Å². The molecule has 0 spiro atoms. The minimum absolute atomic E-state index is 0.0454. The van der Waals surface area contributed by atoms with E-state index < -0.39 is 30.2 Å². The Morgan fingerprint density at radius 3 is 1.85 bits per heavy atom. The van der Waals surface area contributed by atoms with Crippen molar-refractivity contribution in [3.63, 3.8) is 0 Å². The summed E-state index contributed by atoms with van der Waals surface area (Å²) < 4.78 is 51.9. The van der Waals surface area contributed by atoms with Gasteiger partial charge < -0.3 is 8.98 Å². The Bertz CT molecular complexity index is 3440. The summed E-state index contributed by atoms with van der Waals surface area (Å²) >= 11 is 0. The van der Waals surface area contributed by atoms with Gasteiger partial charge in [-0.2, -0.15) is 0 Å². The summed E-state index contributed by atoms with van der Waals surface area (Å²) in [5.41, 5.74) is 7.27. The van der Waals surface area contributed by atoms with E-state index in [4.69, 9.17) is 26.2 Å². The van der Waals surface area contributed by atoms with Gasteiger partial charge in [0, 0.05) is 38.4 Å². The first kappa shape index (κ1) is 25.6. The van der Waals surface area contributed by atoms with Crippen molar-refractivity contribution in [2.75, 3.05) is 0 Å². The number of aromatic nitrogens is 4. The SMILES string of the molecule is [2H]c1c([2H])c([2H])c(-c2nc(-c3ccccc3)nc(-c3cc(-n4c5ccccc5c5ccccc54)cc4c3oc3cc(-c5ccc6ccccc6c5)ccc34)n2)c([2H])c1[2H]. The molecule has 54 heavy (non-hydrogen) atoms. The van der Waals surface area contributed by atoms with Gasteiger partial charge in [0.25, 0.3) is 0 Å². The molecule has 8 aromatic carbocycles. The van der Waals surface area contributed by atoms with Crippen LogP contribution in [0.25, 0.3) is 105 Å². The highest BCUT2D eigenvalue weighted by atomic mass is 16.3. The molecule has 11 rings (SSSR count). The lowest BCUT2D eigenvalue weighted by atomic mass is 10.00. The second kappa shape index (κ2) is 12.1. The quantitative estimate of drug-likeness (QED) is 0.180. The standard InChI is InChI=1S/C49H30N4O/c1-3-14-32(15-4-1)47-50-48(33-16-5-2-6-17-33)52-49(51-47)42-30-37(53-43-21-11-9-19-38(43)39-20-10-12-22-44(39)53)29-41-40-26-25-36(28-45(40)54-46(41)42)35-24-23-31-13-7-8-18-34(31)27-35/h1-30H/i1D,3D,4D,14D,15D. The Labute approximate surface area is 317 Å². The second-order valence-electron chi connectivity index (χ2n) is 13.3. The summed E-state index contributed by atoms with van der Waals surface area (Å²) in [7, 11) is 0. The van der Waals surface area contributed by atoms with E-state index in [0.29, 0.717) is 22.3 Å². The highest BCUT2D eigenvalue weighted by Gasteiger charge is 2.22. The van der Waals surface area contributed by atoms with Gasteiger partial charge in [-0.25, -0.2) is 15.0 Å². The van der Waals surface area contributed by atoms with Crippen LogP contribution in [0, 0.1) is 0 Å². The summed E-state index contributed by atoms with van der Waals surface area (Å²) in [4.78, 5) is 14.7. The molecule has 0 N–H and O–H groups in total. The number of fused-ring (bicyclic) bond motifs is 7. The molecule has 3 aromatic heterocycles. The molecule has 5 heteroatoms. The molecule has 11 aromatic rings. The monoisotopic (exact) mass is 695 g/mol. The second-order valence-corrected chi connectivity index (χ2v) is 13.3. The fourth-order valence-corrected chi connectivity index (χ4v) is 7.59. The maximum Gasteiger partial charge on any atom is 0.167 e. The minimum Gasteiger partial charge on any atom is -0.455 e. The largest absolute Gasteiger partial charge is 0.455 e. The highest BCUT2D eigenvalue weighted by Crippen LogP contribution is 2.41. The van der Waals surface area contributed by atoms with Gasteiger partial charge in [-0.15, -0.1) is 0 Å². The van der Waals surface area contributed by atoms with E-state index in [9.17, 15) is 0 Å². The van der Waals surface area contributed by atoms with Crippen molar-refractivity contribution in [1.29, 1.82) is 0 Å². The van der Waals surface area contributed by atoms with E-state index in [2.05, 4.69) is 83.4 Å². The highest BCUT2D eigenvalue weighted by molar-refractivity contribution is 6.13. The third kappa shape index (κ3) is 4.90. The maximum absolute atomic E-state index is 8.85. The number of rotatable bonds is 5. The van der Waals surface area contributed by atoms with E-state index in [1.807, 2.05) is 72.8 Å². The first-order valence-electron chi connectivity index (χ1n) is 20.2. The van der Waals surface area contributed by atoms with Gasteiger partial charge in [-0.05, 0) is 64.4 Å². The van der Waals surface area contributed by atoms with Crippen LogP contribution < -0.4 is 0 Å². The Kier molecular flexibility index (Phi) is 5.73. The van der Waals surface area contributed by atoms with Crippen LogP contribution in [0.4, 0.5) is 0 Å². The first-order chi connectivity index (χ1) is 28.8. The van der Waals surface area contributed by atoms with Crippen LogP contribution in [0.1, 0.15) is 6.85 Å². The molecule has 0 unspecified atom stereocenters. The van der Waals surface area contributed by atoms with Crippen LogP contribution in [0.15, 0.2) is 186 Å². The van der Waals surface area contributed by atoms with Gasteiger partial charge in [0.1, 0.15) is 11.2 Å². The van der Waals surface area contributed by atoms with Crippen LogP contribution >= 0.6 is 0 Å². The average Bonchev–Trinajstić information content (AvgIpc) is 3.83. The summed E-state index contributed by atoms with van der Waals surface area (Å²) in [6.07, 6.45) is 0. The summed E-state index contributed by atoms with van der Waals surface area (Å²) in [5.74, 6) is 0.459. The molecule has 0 fully saturated rings. The molecule has 0 atom stereocenters. The predicted octanol–water partition coefficient (Wildman–Crippen LogP) is 12.7. The van der Waals surface area contributed by atoms with E-state index in [0.717, 1.165) is 54.8 Å². The number of para-hydroxylation sites is 2. The van der Waals surface area contributed by atoms with Gasteiger partial charge >= 0.3 is 0 Å². The summed E-state index contributed by atoms with van der Waals surface area (Å²) in [5, 5.41) is 6.26. The lowest BCUT2D eigenvalue weighted by Gasteiger charge is -2.12. The normalized spacial score (nSPS) is 13.0. The molecule has 0 radical (unpaired) electrons. The van der Waals surface area contributed by atoms with Gasteiger partial charge in [0.2, 0.25) is 0 Å². The molecule has 0 amide bonds. The van der Waals surface area contributed by atoms with Crippen LogP contribution in [0.5, 0.6) is 0 Å². The number of nitrogens with zero attached hydrogens (tertiary/aromatic N) is 4. The van der Waals surface area contributed by atoms with Gasteiger partial charge in [0.15, 0.2) is 17.5 Å². The Balaban J connectivity index is 1.23. The molecule has 252 valence electrons. The zero-order valence-corrected chi connectivity index (χ0v) is 28.6. The third-order valence-corrected chi connectivity index (χ3v) is 10.1. The molecule has 3 heterocycles. The van der Waals surface area contributed by atoms with Gasteiger partial charge in [0.05, 0.1) is 23.5 Å². The molecule has 0 saturated heterocycles. The molecule has 0 bridgehead atoms. The van der Waals surface area contributed by atoms with E-state index in [-0.39, 0.29) is 23.0 Å². The maximum atomic E-state index is 8.85. The van der Waals surface area contributed by atoms with Crippen LogP contribution in [0.3, 0.4) is 0 Å². The lowest BCUT2D eigenvalue weighted by Crippen LogP contribution is -2.01. The first-order valence-corrected chi connectivity index (χ1v) is 17.7. The Morgan fingerprint density at radius 2 is 1.07 bits per heavy atom. The Morgan fingerprint density at radius 1 is 0.444 bits per heavy atom. The smallest absolute Gasteiger partial charge is 0.167 e. The minimum atomic E-state index is -0.493. The van der Waals surface area contributed by atoms with E-state index in [1.165, 1.54) is 5.39 Å². The molecule has 0 aliphatic rings. The number of hydrogen-bond donors (Lipinski definition) is 0. The fourth-order valence-electron chi connectivity index (χ4n) is 7.59. The van der Waals surface area contributed by atoms with Crippen molar-refractivity contribution in [1.82, 2.24) is 19.5 Å². The van der Waals surface area contributed by atoms with Gasteiger partial charge in [-0.3, -0.25) is 0 Å². The van der Waals surface area contributed by atoms with Crippen molar-refractivity contribution in [3.05, 3.63) is 182 Å². The van der Waals surface area contributed by atoms with Gasteiger partial charge in [-0.1, -0.05) is 139 Å². The summed E-state index contributed by atoms with van der Waals surface area (Å²) in [6, 6.07) is 48.8. The van der Waals surface area contributed by atoms with Crippen molar-refractivity contribution < 1.29 is 11.3 Å². The van der Waals surface area contributed by atoms with Crippen molar-refractivity contribution in [2.45, 2.75) is 0 Å². The lowest BCUT2D eigenvalue weighted by molar-refractivity contribution is 0.669. The molecule has 0 aliphatic carbocycles. The fraction of sp³-hybridized carbons (Fsp3) is 0. The molecule has 5 nitrogen and oxygen atoms in total. The molecule has 0 saturated carbocycles. The van der Waals surface area contributed by atoms with Crippen molar-refractivity contribution >= 4 is 54.5 Å². The topological polar surface area (TPSA) is 56.7 Å². The number of furan rings is 1. The summed E-state index contributed by atoms with van der Waals surface area (Å²) in [6.45, 7) is 0. The molecular formula is C49H30N4O. The van der Waals surface area contributed by atoms with Crippen molar-refractivity contribution in [2.24, 2.45) is 0 Å². The van der Waals surface area contributed by atoms with E-state index in [1.54, 1.807) is 0 Å². The number of hydrogen-bond acceptors (Lipinski definition) is 4. The van der Waals surface area contributed by atoms with Crippen LogP contribution in [-0.4, -0.2) is 19.5 Å². The third-order valence-electron chi connectivity index (χ3n) is 10.1. The van der Waals surface area contributed by atoms with Crippen LogP contribution in [0.2, 0.25) is 0 Å². The zero-order valence-electron chi connectivity index (χ0n) is 33.6. The average molecular weight is 696 g/mol. The number of benzene rings is 8. The predicted molar refractivity (Wildman–Crippen MR) is 221 cm³/mol. The van der Waals surface area contributed by atoms with E-state index >= 15 is 0 Å².